The van der Waals surface area contributed by atoms with Gasteiger partial charge >= 0.3 is 11.9 Å². The van der Waals surface area contributed by atoms with Gasteiger partial charge in [-0.1, -0.05) is 0 Å². The van der Waals surface area contributed by atoms with Crippen LogP contribution in [0.4, 0.5) is 4.39 Å². The minimum absolute atomic E-state index is 0.0610. The SMILES string of the molecule is Cc1cc(F)cc(C(=O)N[C@H](CC(=O)O)C(=O)O)c1. The molecule has 7 heteroatoms. The molecule has 19 heavy (non-hydrogen) atoms. The Kier molecular flexibility index (Phi) is 4.57. The first-order valence-corrected chi connectivity index (χ1v) is 5.32. The van der Waals surface area contributed by atoms with Crippen LogP contribution in [0, 0.1) is 12.7 Å². The van der Waals surface area contributed by atoms with Crippen LogP contribution in [0.25, 0.3) is 0 Å². The Labute approximate surface area is 107 Å². The number of benzene rings is 1. The molecule has 0 radical (unpaired) electrons. The van der Waals surface area contributed by atoms with Crippen molar-refractivity contribution in [3.05, 3.63) is 35.1 Å². The van der Waals surface area contributed by atoms with Crippen LogP contribution in [0.1, 0.15) is 22.3 Å². The van der Waals surface area contributed by atoms with E-state index in [1.165, 1.54) is 12.1 Å². The molecule has 102 valence electrons. The van der Waals surface area contributed by atoms with E-state index < -0.39 is 36.1 Å². The van der Waals surface area contributed by atoms with Gasteiger partial charge in [-0.3, -0.25) is 9.59 Å². The maximum Gasteiger partial charge on any atom is 0.326 e. The molecule has 1 atom stereocenters. The number of nitrogens with one attached hydrogen (secondary N) is 1. The molecular formula is C12H12FNO5. The van der Waals surface area contributed by atoms with Gasteiger partial charge < -0.3 is 15.5 Å². The largest absolute Gasteiger partial charge is 0.481 e. The van der Waals surface area contributed by atoms with Gasteiger partial charge in [-0.25, -0.2) is 9.18 Å². The van der Waals surface area contributed by atoms with E-state index in [-0.39, 0.29) is 5.56 Å². The number of amides is 1. The van der Waals surface area contributed by atoms with E-state index >= 15 is 0 Å². The van der Waals surface area contributed by atoms with Crippen molar-refractivity contribution >= 4 is 17.8 Å². The predicted molar refractivity (Wildman–Crippen MR) is 62.3 cm³/mol. The van der Waals surface area contributed by atoms with Gasteiger partial charge in [0.25, 0.3) is 5.91 Å². The molecule has 0 aliphatic heterocycles. The second-order valence-corrected chi connectivity index (χ2v) is 3.98. The number of carbonyl (C=O) groups excluding carboxylic acids is 1. The number of carboxylic acids is 2. The predicted octanol–water partition coefficient (Wildman–Crippen LogP) is 0.792. The third kappa shape index (κ3) is 4.38. The monoisotopic (exact) mass is 269 g/mol. The van der Waals surface area contributed by atoms with E-state index in [4.69, 9.17) is 10.2 Å². The van der Waals surface area contributed by atoms with E-state index in [2.05, 4.69) is 0 Å². The Balaban J connectivity index is 2.87. The van der Waals surface area contributed by atoms with Gasteiger partial charge in [-0.15, -0.1) is 0 Å². The standard InChI is InChI=1S/C12H12FNO5/c1-6-2-7(4-8(13)3-6)11(17)14-9(12(18)19)5-10(15)16/h2-4,9H,5H2,1H3,(H,14,17)(H,15,16)(H,18,19)/t9-/m1/s1. The summed E-state index contributed by atoms with van der Waals surface area (Å²) in [6.07, 6.45) is -0.755. The van der Waals surface area contributed by atoms with Crippen molar-refractivity contribution in [2.45, 2.75) is 19.4 Å². The topological polar surface area (TPSA) is 104 Å². The molecule has 0 heterocycles. The molecule has 1 aromatic carbocycles. The van der Waals surface area contributed by atoms with Gasteiger partial charge in [0.15, 0.2) is 0 Å². The van der Waals surface area contributed by atoms with Crippen LogP contribution >= 0.6 is 0 Å². The average Bonchev–Trinajstić information content (AvgIpc) is 2.25. The lowest BCUT2D eigenvalue weighted by molar-refractivity contribution is -0.145. The molecule has 0 bridgehead atoms. The molecule has 6 nitrogen and oxygen atoms in total. The van der Waals surface area contributed by atoms with Crippen molar-refractivity contribution in [1.29, 1.82) is 0 Å². The van der Waals surface area contributed by atoms with Gasteiger partial charge in [-0.05, 0) is 30.7 Å². The van der Waals surface area contributed by atoms with Crippen LogP contribution in [0.15, 0.2) is 18.2 Å². The van der Waals surface area contributed by atoms with Gasteiger partial charge in [0.2, 0.25) is 0 Å². The first-order valence-electron chi connectivity index (χ1n) is 5.32. The molecule has 0 spiro atoms. The van der Waals surface area contributed by atoms with Gasteiger partial charge in [0, 0.05) is 5.56 Å². The molecule has 0 unspecified atom stereocenters. The minimum Gasteiger partial charge on any atom is -0.481 e. The van der Waals surface area contributed by atoms with E-state index in [1.54, 1.807) is 6.92 Å². The fourth-order valence-electron chi connectivity index (χ4n) is 1.48. The Morgan fingerprint density at radius 2 is 1.89 bits per heavy atom. The normalized spacial score (nSPS) is 11.7. The van der Waals surface area contributed by atoms with E-state index in [0.29, 0.717) is 5.56 Å². The number of rotatable bonds is 5. The summed E-state index contributed by atoms with van der Waals surface area (Å²) in [6.45, 7) is 1.58. The highest BCUT2D eigenvalue weighted by atomic mass is 19.1. The number of aliphatic carboxylic acids is 2. The Morgan fingerprint density at radius 3 is 2.37 bits per heavy atom. The van der Waals surface area contributed by atoms with E-state index in [1.807, 2.05) is 5.32 Å². The van der Waals surface area contributed by atoms with Crippen LogP contribution in [-0.2, 0) is 9.59 Å². The Bertz CT molecular complexity index is 509. The van der Waals surface area contributed by atoms with Crippen LogP contribution in [0.5, 0.6) is 0 Å². The molecule has 0 fully saturated rings. The van der Waals surface area contributed by atoms with Crippen molar-refractivity contribution in [2.75, 3.05) is 0 Å². The second-order valence-electron chi connectivity index (χ2n) is 3.98. The zero-order valence-corrected chi connectivity index (χ0v) is 10.0. The van der Waals surface area contributed by atoms with E-state index in [9.17, 15) is 18.8 Å². The third-order valence-corrected chi connectivity index (χ3v) is 2.29. The maximum atomic E-state index is 13.1. The zero-order valence-electron chi connectivity index (χ0n) is 10.0. The summed E-state index contributed by atoms with van der Waals surface area (Å²) in [6, 6.07) is 1.97. The summed E-state index contributed by atoms with van der Waals surface area (Å²) in [5.74, 6) is -4.29. The highest BCUT2D eigenvalue weighted by molar-refractivity contribution is 5.97. The second kappa shape index (κ2) is 5.94. The van der Waals surface area contributed by atoms with Gasteiger partial charge in [-0.2, -0.15) is 0 Å². The zero-order chi connectivity index (χ0) is 14.6. The van der Waals surface area contributed by atoms with Gasteiger partial charge in [0.1, 0.15) is 11.9 Å². The van der Waals surface area contributed by atoms with Crippen LogP contribution < -0.4 is 5.32 Å². The number of carboxylic acid groups (broad SMARTS) is 2. The number of hydrogen-bond donors (Lipinski definition) is 3. The summed E-state index contributed by atoms with van der Waals surface area (Å²) < 4.78 is 13.1. The first-order chi connectivity index (χ1) is 8.79. The Hall–Kier alpha value is -2.44. The molecule has 0 aliphatic rings. The van der Waals surface area contributed by atoms with Crippen LogP contribution in [0.3, 0.4) is 0 Å². The molecule has 3 N–H and O–H groups in total. The summed E-state index contributed by atoms with van der Waals surface area (Å²) in [7, 11) is 0. The number of carbonyl (C=O) groups is 3. The minimum atomic E-state index is -1.56. The summed E-state index contributed by atoms with van der Waals surface area (Å²) in [5.41, 5.74) is 0.435. The smallest absolute Gasteiger partial charge is 0.326 e. The lowest BCUT2D eigenvalue weighted by atomic mass is 10.1. The number of hydrogen-bond acceptors (Lipinski definition) is 3. The van der Waals surface area contributed by atoms with Gasteiger partial charge in [0.05, 0.1) is 6.42 Å². The van der Waals surface area contributed by atoms with Crippen molar-refractivity contribution in [1.82, 2.24) is 5.32 Å². The third-order valence-electron chi connectivity index (χ3n) is 2.29. The van der Waals surface area contributed by atoms with Crippen molar-refractivity contribution < 1.29 is 29.0 Å². The Morgan fingerprint density at radius 1 is 1.26 bits per heavy atom. The maximum absolute atomic E-state index is 13.1. The van der Waals surface area contributed by atoms with Crippen LogP contribution in [-0.4, -0.2) is 34.1 Å². The van der Waals surface area contributed by atoms with Crippen molar-refractivity contribution in [2.24, 2.45) is 0 Å². The fourth-order valence-corrected chi connectivity index (χ4v) is 1.48. The molecular weight excluding hydrogens is 257 g/mol. The molecule has 0 aromatic heterocycles. The summed E-state index contributed by atoms with van der Waals surface area (Å²) in [5, 5.41) is 19.3. The van der Waals surface area contributed by atoms with Crippen molar-refractivity contribution in [3.8, 4) is 0 Å². The summed E-state index contributed by atoms with van der Waals surface area (Å²) in [4.78, 5) is 33.0. The molecule has 0 saturated carbocycles. The molecule has 1 rings (SSSR count). The summed E-state index contributed by atoms with van der Waals surface area (Å²) >= 11 is 0. The van der Waals surface area contributed by atoms with Crippen molar-refractivity contribution in [3.63, 3.8) is 0 Å². The quantitative estimate of drug-likeness (QED) is 0.733. The number of aryl methyl sites for hydroxylation is 1. The first kappa shape index (κ1) is 14.6. The lowest BCUT2D eigenvalue weighted by Crippen LogP contribution is -2.42. The van der Waals surface area contributed by atoms with Crippen LogP contribution in [0.2, 0.25) is 0 Å². The number of halogens is 1. The highest BCUT2D eigenvalue weighted by Crippen LogP contribution is 2.09. The average molecular weight is 269 g/mol. The van der Waals surface area contributed by atoms with E-state index in [0.717, 1.165) is 6.07 Å². The lowest BCUT2D eigenvalue weighted by Gasteiger charge is -2.12. The highest BCUT2D eigenvalue weighted by Gasteiger charge is 2.23. The molecule has 1 aromatic rings. The molecule has 0 aliphatic carbocycles. The molecule has 1 amide bonds. The fraction of sp³-hybridized carbons (Fsp3) is 0.250. The molecule has 0 saturated heterocycles.